The van der Waals surface area contributed by atoms with Gasteiger partial charge in [-0.05, 0) is 41.5 Å². The van der Waals surface area contributed by atoms with Crippen molar-refractivity contribution < 1.29 is 9.59 Å². The summed E-state index contributed by atoms with van der Waals surface area (Å²) in [5.74, 6) is 0.152. The minimum absolute atomic E-state index is 0.338. The number of imide groups is 1. The molecule has 2 amide bonds. The number of benzene rings is 1. The highest BCUT2D eigenvalue weighted by atomic mass is 32.2. The fraction of sp³-hybridized carbons (Fsp3) is 0.286. The molecular formula is C14H17N3O2S. The molecule has 1 aromatic rings. The third-order valence-electron chi connectivity index (χ3n) is 2.72. The van der Waals surface area contributed by atoms with Crippen molar-refractivity contribution in [2.24, 2.45) is 5.92 Å². The quantitative estimate of drug-likeness (QED) is 0.586. The Balaban J connectivity index is 2.21. The summed E-state index contributed by atoms with van der Waals surface area (Å²) in [4.78, 5) is 23.0. The van der Waals surface area contributed by atoms with Crippen molar-refractivity contribution >= 4 is 40.4 Å². The molecule has 1 aliphatic heterocycles. The highest BCUT2D eigenvalue weighted by molar-refractivity contribution is 8.18. The molecule has 0 atom stereocenters. The van der Waals surface area contributed by atoms with Gasteiger partial charge in [0.15, 0.2) is 0 Å². The number of thioether (sulfide) groups is 1. The van der Waals surface area contributed by atoms with E-state index in [0.717, 1.165) is 29.6 Å². The largest absolute Gasteiger partial charge is 0.397 e. The number of rotatable bonds is 4. The molecule has 2 rings (SSSR count). The van der Waals surface area contributed by atoms with E-state index in [1.54, 1.807) is 12.1 Å². The third-order valence-corrected chi connectivity index (χ3v) is 3.53. The molecule has 0 saturated carbocycles. The average Bonchev–Trinajstić information content (AvgIpc) is 2.68. The van der Waals surface area contributed by atoms with E-state index in [2.05, 4.69) is 24.5 Å². The van der Waals surface area contributed by atoms with Gasteiger partial charge in [0.2, 0.25) is 0 Å². The first-order valence-corrected chi connectivity index (χ1v) is 7.15. The van der Waals surface area contributed by atoms with Gasteiger partial charge in [-0.25, -0.2) is 0 Å². The maximum Gasteiger partial charge on any atom is 0.290 e. The van der Waals surface area contributed by atoms with Crippen molar-refractivity contribution in [2.75, 3.05) is 17.6 Å². The van der Waals surface area contributed by atoms with E-state index in [-0.39, 0.29) is 11.1 Å². The number of carbonyl (C=O) groups excluding carboxylic acids is 2. The molecule has 106 valence electrons. The van der Waals surface area contributed by atoms with E-state index in [1.807, 2.05) is 12.1 Å². The Morgan fingerprint density at radius 2 is 2.15 bits per heavy atom. The SMILES string of the molecule is CC(C)CNc1cc(/C=C2/SC(=O)NC2=O)ccc1N. The minimum atomic E-state index is -0.353. The second-order valence-corrected chi connectivity index (χ2v) is 5.99. The van der Waals surface area contributed by atoms with Gasteiger partial charge in [0.25, 0.3) is 11.1 Å². The molecule has 1 saturated heterocycles. The monoisotopic (exact) mass is 291 g/mol. The molecule has 0 aliphatic carbocycles. The summed E-state index contributed by atoms with van der Waals surface area (Å²) in [6.45, 7) is 5.04. The lowest BCUT2D eigenvalue weighted by Gasteiger charge is -2.12. The normalized spacial score (nSPS) is 16.9. The minimum Gasteiger partial charge on any atom is -0.397 e. The van der Waals surface area contributed by atoms with Gasteiger partial charge in [-0.1, -0.05) is 19.9 Å². The molecule has 1 aromatic carbocycles. The number of anilines is 2. The second-order valence-electron chi connectivity index (χ2n) is 4.97. The third kappa shape index (κ3) is 3.54. The van der Waals surface area contributed by atoms with Gasteiger partial charge in [-0.2, -0.15) is 0 Å². The van der Waals surface area contributed by atoms with E-state index < -0.39 is 0 Å². The van der Waals surface area contributed by atoms with Crippen molar-refractivity contribution in [2.45, 2.75) is 13.8 Å². The molecular weight excluding hydrogens is 274 g/mol. The predicted molar refractivity (Wildman–Crippen MR) is 83.3 cm³/mol. The van der Waals surface area contributed by atoms with E-state index in [9.17, 15) is 9.59 Å². The standard InChI is InChI=1S/C14H17N3O2S/c1-8(2)7-16-11-5-9(3-4-10(11)15)6-12-13(18)17-14(19)20-12/h3-6,8,16H,7,15H2,1-2H3,(H,17,18,19)/b12-6+. The van der Waals surface area contributed by atoms with Crippen LogP contribution < -0.4 is 16.4 Å². The van der Waals surface area contributed by atoms with Crippen molar-refractivity contribution in [1.82, 2.24) is 5.32 Å². The summed E-state index contributed by atoms with van der Waals surface area (Å²) in [7, 11) is 0. The highest BCUT2D eigenvalue weighted by Crippen LogP contribution is 2.28. The Bertz CT molecular complexity index is 582. The molecule has 6 heteroatoms. The van der Waals surface area contributed by atoms with Crippen LogP contribution in [0, 0.1) is 5.92 Å². The molecule has 0 spiro atoms. The maximum atomic E-state index is 11.5. The van der Waals surface area contributed by atoms with Crippen molar-refractivity contribution in [3.63, 3.8) is 0 Å². The van der Waals surface area contributed by atoms with Crippen LogP contribution in [-0.4, -0.2) is 17.7 Å². The number of carbonyl (C=O) groups is 2. The van der Waals surface area contributed by atoms with Crippen molar-refractivity contribution in [3.8, 4) is 0 Å². The summed E-state index contributed by atoms with van der Waals surface area (Å²) in [5.41, 5.74) is 8.24. The van der Waals surface area contributed by atoms with E-state index in [4.69, 9.17) is 5.73 Å². The first kappa shape index (κ1) is 14.5. The predicted octanol–water partition coefficient (Wildman–Crippen LogP) is 2.66. The van der Waals surface area contributed by atoms with Crippen LogP contribution in [0.3, 0.4) is 0 Å². The topological polar surface area (TPSA) is 84.2 Å². The Kier molecular flexibility index (Phi) is 4.34. The van der Waals surface area contributed by atoms with Crippen LogP contribution in [0.1, 0.15) is 19.4 Å². The lowest BCUT2D eigenvalue weighted by molar-refractivity contribution is -0.115. The smallest absolute Gasteiger partial charge is 0.290 e. The van der Waals surface area contributed by atoms with Gasteiger partial charge >= 0.3 is 0 Å². The van der Waals surface area contributed by atoms with Gasteiger partial charge < -0.3 is 11.1 Å². The van der Waals surface area contributed by atoms with Gasteiger partial charge in [-0.15, -0.1) is 0 Å². The summed E-state index contributed by atoms with van der Waals surface area (Å²) in [5, 5.41) is 5.16. The van der Waals surface area contributed by atoms with E-state index >= 15 is 0 Å². The van der Waals surface area contributed by atoms with Crippen molar-refractivity contribution in [1.29, 1.82) is 0 Å². The van der Waals surface area contributed by atoms with Gasteiger partial charge in [0.1, 0.15) is 0 Å². The molecule has 5 nitrogen and oxygen atoms in total. The number of nitrogens with one attached hydrogen (secondary N) is 2. The van der Waals surface area contributed by atoms with Crippen LogP contribution in [0.15, 0.2) is 23.1 Å². The number of amides is 2. The Morgan fingerprint density at radius 1 is 1.40 bits per heavy atom. The fourth-order valence-corrected chi connectivity index (χ4v) is 2.39. The fourth-order valence-electron chi connectivity index (χ4n) is 1.70. The van der Waals surface area contributed by atoms with Gasteiger partial charge in [0, 0.05) is 6.54 Å². The Morgan fingerprint density at radius 3 is 2.75 bits per heavy atom. The summed E-state index contributed by atoms with van der Waals surface area (Å²) in [6, 6.07) is 5.48. The summed E-state index contributed by atoms with van der Waals surface area (Å²) in [6.07, 6.45) is 1.69. The zero-order valence-corrected chi connectivity index (χ0v) is 12.2. The van der Waals surface area contributed by atoms with E-state index in [0.29, 0.717) is 16.5 Å². The number of hydrogen-bond donors (Lipinski definition) is 3. The molecule has 1 aliphatic rings. The first-order valence-electron chi connectivity index (χ1n) is 6.34. The van der Waals surface area contributed by atoms with Gasteiger partial charge in [-0.3, -0.25) is 14.9 Å². The molecule has 20 heavy (non-hydrogen) atoms. The van der Waals surface area contributed by atoms with Crippen LogP contribution >= 0.6 is 11.8 Å². The lowest BCUT2D eigenvalue weighted by Crippen LogP contribution is -2.17. The Hall–Kier alpha value is -1.95. The van der Waals surface area contributed by atoms with E-state index in [1.165, 1.54) is 0 Å². The van der Waals surface area contributed by atoms with Crippen LogP contribution in [0.2, 0.25) is 0 Å². The number of nitrogen functional groups attached to an aromatic ring is 1. The number of nitrogens with two attached hydrogens (primary N) is 1. The summed E-state index contributed by atoms with van der Waals surface area (Å²) >= 11 is 0.907. The van der Waals surface area contributed by atoms with Crippen LogP contribution in [-0.2, 0) is 4.79 Å². The molecule has 1 fully saturated rings. The van der Waals surface area contributed by atoms with Crippen LogP contribution in [0.5, 0.6) is 0 Å². The maximum absolute atomic E-state index is 11.5. The molecule has 0 aromatic heterocycles. The lowest BCUT2D eigenvalue weighted by atomic mass is 10.1. The highest BCUT2D eigenvalue weighted by Gasteiger charge is 2.24. The molecule has 0 unspecified atom stereocenters. The average molecular weight is 291 g/mol. The molecule has 4 N–H and O–H groups in total. The second kappa shape index (κ2) is 6.00. The zero-order chi connectivity index (χ0) is 14.7. The molecule has 0 bridgehead atoms. The number of hydrogen-bond acceptors (Lipinski definition) is 5. The molecule has 0 radical (unpaired) electrons. The van der Waals surface area contributed by atoms with Crippen LogP contribution in [0.4, 0.5) is 16.2 Å². The van der Waals surface area contributed by atoms with Crippen LogP contribution in [0.25, 0.3) is 6.08 Å². The molecule has 1 heterocycles. The first-order chi connectivity index (χ1) is 9.45. The van der Waals surface area contributed by atoms with Crippen molar-refractivity contribution in [3.05, 3.63) is 28.7 Å². The zero-order valence-electron chi connectivity index (χ0n) is 11.4. The summed E-state index contributed by atoms with van der Waals surface area (Å²) < 4.78 is 0. The Labute approximate surface area is 122 Å². The van der Waals surface area contributed by atoms with Gasteiger partial charge in [0.05, 0.1) is 16.3 Å².